The van der Waals surface area contributed by atoms with Crippen LogP contribution in [-0.4, -0.2) is 24.7 Å². The molecule has 0 fully saturated rings. The maximum absolute atomic E-state index is 12.6. The number of likely N-dealkylation sites (N-methyl/N-ethyl adjacent to an activating group) is 1. The first-order valence-corrected chi connectivity index (χ1v) is 5.80. The molecular formula is C10H12BrF3N2O. The number of hydrogen-bond acceptors (Lipinski definition) is 3. The SMILES string of the molecule is CCNCCOc1ncc(Br)cc1C(F)(F)F. The summed E-state index contributed by atoms with van der Waals surface area (Å²) in [6.07, 6.45) is -3.19. The van der Waals surface area contributed by atoms with Gasteiger partial charge in [-0.05, 0) is 28.5 Å². The van der Waals surface area contributed by atoms with Crippen molar-refractivity contribution in [1.29, 1.82) is 0 Å². The molecule has 0 aliphatic carbocycles. The molecule has 3 nitrogen and oxygen atoms in total. The molecule has 0 aromatic carbocycles. The van der Waals surface area contributed by atoms with Crippen LogP contribution in [0.2, 0.25) is 0 Å². The maximum Gasteiger partial charge on any atom is 0.421 e. The lowest BCUT2D eigenvalue weighted by Gasteiger charge is -2.13. The Bertz CT molecular complexity index is 371. The van der Waals surface area contributed by atoms with Gasteiger partial charge in [0.1, 0.15) is 12.2 Å². The molecule has 0 saturated carbocycles. The molecule has 17 heavy (non-hydrogen) atoms. The van der Waals surface area contributed by atoms with Crippen molar-refractivity contribution in [1.82, 2.24) is 10.3 Å². The summed E-state index contributed by atoms with van der Waals surface area (Å²) in [6.45, 7) is 3.26. The Hall–Kier alpha value is -0.820. The second kappa shape index (κ2) is 6.20. The molecule has 0 aliphatic rings. The van der Waals surface area contributed by atoms with Crippen LogP contribution in [0.25, 0.3) is 0 Å². The van der Waals surface area contributed by atoms with E-state index in [1.54, 1.807) is 0 Å². The zero-order valence-corrected chi connectivity index (χ0v) is 10.7. The molecule has 1 rings (SSSR count). The normalized spacial score (nSPS) is 11.6. The number of nitrogens with zero attached hydrogens (tertiary/aromatic N) is 1. The summed E-state index contributed by atoms with van der Waals surface area (Å²) in [5.74, 6) is -0.390. The average molecular weight is 313 g/mol. The zero-order chi connectivity index (χ0) is 12.9. The molecule has 1 heterocycles. The molecule has 1 aromatic rings. The summed E-state index contributed by atoms with van der Waals surface area (Å²) in [5.41, 5.74) is -0.872. The van der Waals surface area contributed by atoms with Crippen molar-refractivity contribution < 1.29 is 17.9 Å². The minimum Gasteiger partial charge on any atom is -0.476 e. The Morgan fingerprint density at radius 1 is 1.47 bits per heavy atom. The molecule has 0 aliphatic heterocycles. The molecular weight excluding hydrogens is 301 g/mol. The van der Waals surface area contributed by atoms with Gasteiger partial charge in [0.25, 0.3) is 0 Å². The second-order valence-corrected chi connectivity index (χ2v) is 4.12. The monoisotopic (exact) mass is 312 g/mol. The molecule has 0 spiro atoms. The fourth-order valence-corrected chi connectivity index (χ4v) is 1.47. The van der Waals surface area contributed by atoms with Gasteiger partial charge in [0, 0.05) is 17.2 Å². The van der Waals surface area contributed by atoms with Crippen molar-refractivity contribution in [2.24, 2.45) is 0 Å². The number of rotatable bonds is 5. The number of ether oxygens (including phenoxy) is 1. The van der Waals surface area contributed by atoms with Gasteiger partial charge in [-0.15, -0.1) is 0 Å². The van der Waals surface area contributed by atoms with Gasteiger partial charge in [-0.2, -0.15) is 13.2 Å². The van der Waals surface area contributed by atoms with Crippen molar-refractivity contribution in [2.45, 2.75) is 13.1 Å². The molecule has 0 unspecified atom stereocenters. The first-order chi connectivity index (χ1) is 7.95. The van der Waals surface area contributed by atoms with Gasteiger partial charge in [-0.3, -0.25) is 0 Å². The summed E-state index contributed by atoms with van der Waals surface area (Å²) in [5, 5.41) is 2.94. The number of hydrogen-bond donors (Lipinski definition) is 1. The lowest BCUT2D eigenvalue weighted by atomic mass is 10.2. The minimum absolute atomic E-state index is 0.144. The third-order valence-corrected chi connectivity index (χ3v) is 2.32. The number of nitrogens with one attached hydrogen (secondary N) is 1. The highest BCUT2D eigenvalue weighted by Crippen LogP contribution is 2.36. The molecule has 0 bridgehead atoms. The van der Waals surface area contributed by atoms with E-state index in [1.807, 2.05) is 6.92 Å². The van der Waals surface area contributed by atoms with E-state index in [0.717, 1.165) is 12.6 Å². The van der Waals surface area contributed by atoms with Crippen molar-refractivity contribution >= 4 is 15.9 Å². The summed E-state index contributed by atoms with van der Waals surface area (Å²) >= 11 is 2.95. The van der Waals surface area contributed by atoms with Gasteiger partial charge in [-0.25, -0.2) is 4.98 Å². The summed E-state index contributed by atoms with van der Waals surface area (Å²) < 4.78 is 43.2. The fourth-order valence-electron chi connectivity index (χ4n) is 1.14. The van der Waals surface area contributed by atoms with Crippen LogP contribution >= 0.6 is 15.9 Å². The number of aromatic nitrogens is 1. The third-order valence-electron chi connectivity index (χ3n) is 1.89. The summed E-state index contributed by atoms with van der Waals surface area (Å²) in [7, 11) is 0. The quantitative estimate of drug-likeness (QED) is 0.849. The average Bonchev–Trinajstić information content (AvgIpc) is 2.25. The predicted molar refractivity (Wildman–Crippen MR) is 61.0 cm³/mol. The molecule has 0 atom stereocenters. The minimum atomic E-state index is -4.47. The van der Waals surface area contributed by atoms with E-state index in [1.165, 1.54) is 6.20 Å². The fraction of sp³-hybridized carbons (Fsp3) is 0.500. The maximum atomic E-state index is 12.6. The second-order valence-electron chi connectivity index (χ2n) is 3.21. The predicted octanol–water partition coefficient (Wildman–Crippen LogP) is 2.85. The Morgan fingerprint density at radius 3 is 2.76 bits per heavy atom. The van der Waals surface area contributed by atoms with Crippen molar-refractivity contribution in [3.8, 4) is 5.88 Å². The van der Waals surface area contributed by atoms with E-state index in [9.17, 15) is 13.2 Å². The van der Waals surface area contributed by atoms with Crippen LogP contribution in [-0.2, 0) is 6.18 Å². The lowest BCUT2D eigenvalue weighted by Crippen LogP contribution is -2.21. The highest BCUT2D eigenvalue weighted by atomic mass is 79.9. The molecule has 0 radical (unpaired) electrons. The first kappa shape index (κ1) is 14.2. The van der Waals surface area contributed by atoms with E-state index in [2.05, 4.69) is 26.2 Å². The van der Waals surface area contributed by atoms with Gasteiger partial charge in [0.05, 0.1) is 0 Å². The van der Waals surface area contributed by atoms with Crippen LogP contribution in [0.3, 0.4) is 0 Å². The Morgan fingerprint density at radius 2 is 2.18 bits per heavy atom. The van der Waals surface area contributed by atoms with Gasteiger partial charge in [-0.1, -0.05) is 6.92 Å². The molecule has 0 saturated heterocycles. The molecule has 96 valence electrons. The van der Waals surface area contributed by atoms with Crippen LogP contribution in [0, 0.1) is 0 Å². The molecule has 0 amide bonds. The van der Waals surface area contributed by atoms with Crippen molar-refractivity contribution in [2.75, 3.05) is 19.7 Å². The van der Waals surface area contributed by atoms with E-state index in [4.69, 9.17) is 4.74 Å². The Labute approximate surface area is 106 Å². The van der Waals surface area contributed by atoms with Crippen LogP contribution in [0.1, 0.15) is 12.5 Å². The highest BCUT2D eigenvalue weighted by molar-refractivity contribution is 9.10. The number of pyridine rings is 1. The van der Waals surface area contributed by atoms with Crippen LogP contribution in [0.4, 0.5) is 13.2 Å². The Balaban J connectivity index is 2.77. The van der Waals surface area contributed by atoms with E-state index < -0.39 is 17.6 Å². The summed E-state index contributed by atoms with van der Waals surface area (Å²) in [6, 6.07) is 0.954. The smallest absolute Gasteiger partial charge is 0.421 e. The van der Waals surface area contributed by atoms with Gasteiger partial charge in [0.2, 0.25) is 5.88 Å². The van der Waals surface area contributed by atoms with Crippen molar-refractivity contribution in [3.05, 3.63) is 22.3 Å². The van der Waals surface area contributed by atoms with E-state index >= 15 is 0 Å². The van der Waals surface area contributed by atoms with Gasteiger partial charge < -0.3 is 10.1 Å². The summed E-state index contributed by atoms with van der Waals surface area (Å²) in [4.78, 5) is 3.63. The number of alkyl halides is 3. The molecule has 1 aromatic heterocycles. The standard InChI is InChI=1S/C10H12BrF3N2O/c1-2-15-3-4-17-9-8(10(12,13)14)5-7(11)6-16-9/h5-6,15H,2-4H2,1H3. The topological polar surface area (TPSA) is 34.1 Å². The van der Waals surface area contributed by atoms with E-state index in [-0.39, 0.29) is 11.1 Å². The molecule has 7 heteroatoms. The van der Waals surface area contributed by atoms with Crippen molar-refractivity contribution in [3.63, 3.8) is 0 Å². The van der Waals surface area contributed by atoms with Gasteiger partial charge in [0.15, 0.2) is 0 Å². The lowest BCUT2D eigenvalue weighted by molar-refractivity contribution is -0.139. The first-order valence-electron chi connectivity index (χ1n) is 5.01. The van der Waals surface area contributed by atoms with Crippen LogP contribution in [0.15, 0.2) is 16.7 Å². The third kappa shape index (κ3) is 4.51. The van der Waals surface area contributed by atoms with Gasteiger partial charge >= 0.3 is 6.18 Å². The number of halogens is 4. The Kier molecular flexibility index (Phi) is 5.20. The highest BCUT2D eigenvalue weighted by Gasteiger charge is 2.35. The zero-order valence-electron chi connectivity index (χ0n) is 9.14. The van der Waals surface area contributed by atoms with Crippen LogP contribution in [0.5, 0.6) is 5.88 Å². The largest absolute Gasteiger partial charge is 0.476 e. The molecule has 1 N–H and O–H groups in total. The van der Waals surface area contributed by atoms with E-state index in [0.29, 0.717) is 6.54 Å². The van der Waals surface area contributed by atoms with Crippen LogP contribution < -0.4 is 10.1 Å².